The number of nitrogens with one attached hydrogen (secondary N) is 3. The number of nitro benzene ring substituents is 1. The number of ether oxygens (including phenoxy) is 2. The Kier molecular flexibility index (Phi) is 7.43. The number of carbonyl (C=O) groups is 2. The van der Waals surface area contributed by atoms with Crippen LogP contribution in [-0.2, 0) is 4.79 Å². The van der Waals surface area contributed by atoms with Gasteiger partial charge in [0.2, 0.25) is 0 Å². The number of non-ortho nitro benzene ring substituents is 1. The van der Waals surface area contributed by atoms with Crippen LogP contribution in [0.2, 0.25) is 5.02 Å². The Hall–Kier alpha value is -3.53. The van der Waals surface area contributed by atoms with Crippen molar-refractivity contribution in [2.24, 2.45) is 0 Å². The SMILES string of the molecule is COc1cc([N+](=O)[O-])ccc1NC(=O)NNC(=O)C(C)Oc1cc(C)c(Cl)c(C)c1. The third kappa shape index (κ3) is 5.74. The lowest BCUT2D eigenvalue weighted by Crippen LogP contribution is -2.48. The Bertz CT molecular complexity index is 958. The molecule has 3 amide bonds. The number of benzene rings is 2. The molecule has 0 aromatic heterocycles. The maximum Gasteiger partial charge on any atom is 0.338 e. The average Bonchev–Trinajstić information content (AvgIpc) is 2.70. The van der Waals surface area contributed by atoms with E-state index in [0.29, 0.717) is 10.8 Å². The van der Waals surface area contributed by atoms with E-state index in [2.05, 4.69) is 16.2 Å². The largest absolute Gasteiger partial charge is 0.494 e. The minimum atomic E-state index is -0.904. The van der Waals surface area contributed by atoms with Crippen LogP contribution in [0.15, 0.2) is 30.3 Å². The quantitative estimate of drug-likeness (QED) is 0.469. The van der Waals surface area contributed by atoms with E-state index >= 15 is 0 Å². The summed E-state index contributed by atoms with van der Waals surface area (Å²) in [6.07, 6.45) is -0.904. The van der Waals surface area contributed by atoms with Gasteiger partial charge in [0.05, 0.1) is 23.8 Å². The molecule has 0 aliphatic carbocycles. The molecule has 3 N–H and O–H groups in total. The van der Waals surface area contributed by atoms with Crippen LogP contribution < -0.4 is 25.6 Å². The molecule has 2 rings (SSSR count). The fourth-order valence-electron chi connectivity index (χ4n) is 2.50. The molecule has 11 heteroatoms. The second-order valence-electron chi connectivity index (χ2n) is 6.34. The molecule has 1 atom stereocenters. The van der Waals surface area contributed by atoms with Crippen molar-refractivity contribution >= 4 is 34.9 Å². The van der Waals surface area contributed by atoms with E-state index in [1.54, 1.807) is 12.1 Å². The van der Waals surface area contributed by atoms with E-state index in [9.17, 15) is 19.7 Å². The number of urea groups is 1. The molecule has 0 saturated heterocycles. The summed E-state index contributed by atoms with van der Waals surface area (Å²) in [5.74, 6) is -0.0287. The topological polar surface area (TPSA) is 132 Å². The van der Waals surface area contributed by atoms with Gasteiger partial charge < -0.3 is 14.8 Å². The number of amides is 3. The molecule has 0 saturated carbocycles. The summed E-state index contributed by atoms with van der Waals surface area (Å²) >= 11 is 6.11. The average molecular weight is 437 g/mol. The van der Waals surface area contributed by atoms with Gasteiger partial charge in [-0.15, -0.1) is 0 Å². The zero-order valence-electron chi connectivity index (χ0n) is 16.7. The highest BCUT2D eigenvalue weighted by molar-refractivity contribution is 6.32. The van der Waals surface area contributed by atoms with Gasteiger partial charge in [-0.3, -0.25) is 20.3 Å². The summed E-state index contributed by atoms with van der Waals surface area (Å²) in [5, 5.41) is 13.9. The fourth-order valence-corrected chi connectivity index (χ4v) is 2.61. The first kappa shape index (κ1) is 22.8. The van der Waals surface area contributed by atoms with Gasteiger partial charge in [0.1, 0.15) is 11.5 Å². The highest BCUT2D eigenvalue weighted by Crippen LogP contribution is 2.29. The minimum absolute atomic E-state index is 0.0934. The lowest BCUT2D eigenvalue weighted by atomic mass is 10.1. The standard InChI is InChI=1S/C19H21ClN4O6/c1-10-7-14(8-11(2)17(10)20)30-12(3)18(25)22-23-19(26)21-15-6-5-13(24(27)28)9-16(15)29-4/h5-9,12H,1-4H3,(H,22,25)(H2,21,23,26). The van der Waals surface area contributed by atoms with Gasteiger partial charge in [0.25, 0.3) is 11.6 Å². The van der Waals surface area contributed by atoms with Crippen LogP contribution in [0.5, 0.6) is 11.5 Å². The predicted molar refractivity (Wildman–Crippen MR) is 111 cm³/mol. The second kappa shape index (κ2) is 9.79. The number of methoxy groups -OCH3 is 1. The van der Waals surface area contributed by atoms with E-state index in [1.807, 2.05) is 13.8 Å². The summed E-state index contributed by atoms with van der Waals surface area (Å²) in [5.41, 5.74) is 6.03. The molecule has 10 nitrogen and oxygen atoms in total. The van der Waals surface area contributed by atoms with Crippen LogP contribution in [0, 0.1) is 24.0 Å². The zero-order chi connectivity index (χ0) is 22.4. The molecule has 0 aliphatic heterocycles. The van der Waals surface area contributed by atoms with Gasteiger partial charge in [-0.1, -0.05) is 11.6 Å². The Morgan fingerprint density at radius 1 is 1.13 bits per heavy atom. The molecule has 0 spiro atoms. The number of anilines is 1. The maximum atomic E-state index is 12.2. The highest BCUT2D eigenvalue weighted by atomic mass is 35.5. The summed E-state index contributed by atoms with van der Waals surface area (Å²) in [4.78, 5) is 34.4. The van der Waals surface area contributed by atoms with Crippen LogP contribution in [0.4, 0.5) is 16.2 Å². The molecular formula is C19H21ClN4O6. The Morgan fingerprint density at radius 2 is 1.77 bits per heavy atom. The second-order valence-corrected chi connectivity index (χ2v) is 6.72. The van der Waals surface area contributed by atoms with Crippen molar-refractivity contribution in [2.75, 3.05) is 12.4 Å². The smallest absolute Gasteiger partial charge is 0.338 e. The molecule has 2 aromatic carbocycles. The summed E-state index contributed by atoms with van der Waals surface area (Å²) in [7, 11) is 1.31. The third-order valence-electron chi connectivity index (χ3n) is 4.04. The van der Waals surface area contributed by atoms with Crippen molar-refractivity contribution in [1.82, 2.24) is 10.9 Å². The first-order chi connectivity index (χ1) is 14.1. The Morgan fingerprint density at radius 3 is 2.33 bits per heavy atom. The van der Waals surface area contributed by atoms with Gasteiger partial charge in [0.15, 0.2) is 6.10 Å². The van der Waals surface area contributed by atoms with Crippen molar-refractivity contribution in [2.45, 2.75) is 26.9 Å². The Balaban J connectivity index is 1.93. The number of halogens is 1. The number of nitro groups is 1. The maximum absolute atomic E-state index is 12.2. The van der Waals surface area contributed by atoms with Crippen molar-refractivity contribution in [3.63, 3.8) is 0 Å². The van der Waals surface area contributed by atoms with E-state index in [0.717, 1.165) is 11.1 Å². The molecule has 0 aliphatic rings. The number of hydrogen-bond donors (Lipinski definition) is 3. The first-order valence-electron chi connectivity index (χ1n) is 8.75. The Labute approximate surface area is 177 Å². The number of hydrogen-bond acceptors (Lipinski definition) is 6. The molecule has 0 bridgehead atoms. The van der Waals surface area contributed by atoms with Gasteiger partial charge in [0, 0.05) is 11.1 Å². The van der Waals surface area contributed by atoms with E-state index in [1.165, 1.54) is 32.2 Å². The summed E-state index contributed by atoms with van der Waals surface area (Å²) in [6.45, 7) is 5.17. The number of hydrazine groups is 1. The number of carbonyl (C=O) groups excluding carboxylic acids is 2. The fraction of sp³-hybridized carbons (Fsp3) is 0.263. The van der Waals surface area contributed by atoms with E-state index in [-0.39, 0.29) is 17.1 Å². The lowest BCUT2D eigenvalue weighted by molar-refractivity contribution is -0.384. The first-order valence-corrected chi connectivity index (χ1v) is 9.12. The molecule has 0 heterocycles. The number of aryl methyl sites for hydroxylation is 2. The molecule has 0 radical (unpaired) electrons. The minimum Gasteiger partial charge on any atom is -0.494 e. The van der Waals surface area contributed by atoms with Crippen LogP contribution in [-0.4, -0.2) is 30.1 Å². The van der Waals surface area contributed by atoms with Gasteiger partial charge in [-0.2, -0.15) is 0 Å². The van der Waals surface area contributed by atoms with Crippen LogP contribution in [0.3, 0.4) is 0 Å². The third-order valence-corrected chi connectivity index (χ3v) is 4.63. The lowest BCUT2D eigenvalue weighted by Gasteiger charge is -2.17. The zero-order valence-corrected chi connectivity index (χ0v) is 17.5. The molecule has 2 aromatic rings. The van der Waals surface area contributed by atoms with Gasteiger partial charge in [-0.25, -0.2) is 10.2 Å². The summed E-state index contributed by atoms with van der Waals surface area (Å²) < 4.78 is 10.6. The molecular weight excluding hydrogens is 416 g/mol. The predicted octanol–water partition coefficient (Wildman–Crippen LogP) is 3.49. The monoisotopic (exact) mass is 436 g/mol. The van der Waals surface area contributed by atoms with Crippen molar-refractivity contribution in [1.29, 1.82) is 0 Å². The summed E-state index contributed by atoms with van der Waals surface area (Å²) in [6, 6.07) is 6.33. The van der Waals surface area contributed by atoms with Crippen LogP contribution in [0.25, 0.3) is 0 Å². The molecule has 30 heavy (non-hydrogen) atoms. The van der Waals surface area contributed by atoms with Crippen molar-refractivity contribution in [3.05, 3.63) is 56.6 Å². The molecule has 1 unspecified atom stereocenters. The number of nitrogens with zero attached hydrogens (tertiary/aromatic N) is 1. The van der Waals surface area contributed by atoms with Gasteiger partial charge in [-0.05, 0) is 50.1 Å². The van der Waals surface area contributed by atoms with E-state index in [4.69, 9.17) is 21.1 Å². The molecule has 160 valence electrons. The van der Waals surface area contributed by atoms with E-state index < -0.39 is 23.0 Å². The van der Waals surface area contributed by atoms with Crippen molar-refractivity contribution in [3.8, 4) is 11.5 Å². The van der Waals surface area contributed by atoms with Crippen LogP contribution >= 0.6 is 11.6 Å². The van der Waals surface area contributed by atoms with Crippen molar-refractivity contribution < 1.29 is 24.0 Å². The van der Waals surface area contributed by atoms with Gasteiger partial charge >= 0.3 is 6.03 Å². The highest BCUT2D eigenvalue weighted by Gasteiger charge is 2.17. The molecule has 0 fully saturated rings. The number of rotatable bonds is 6. The van der Waals surface area contributed by atoms with Crippen LogP contribution in [0.1, 0.15) is 18.1 Å². The normalized spacial score (nSPS) is 11.2.